The molecule has 3 aromatic heterocycles. The summed E-state index contributed by atoms with van der Waals surface area (Å²) < 4.78 is 3.89. The number of nitrogens with zero attached hydrogens (tertiary/aromatic N) is 4. The average molecular weight is 403 g/mol. The van der Waals surface area contributed by atoms with Gasteiger partial charge in [-0.05, 0) is 56.4 Å². The predicted octanol–water partition coefficient (Wildman–Crippen LogP) is 4.36. The van der Waals surface area contributed by atoms with Crippen molar-refractivity contribution in [2.75, 3.05) is 0 Å². The first-order valence-electron chi connectivity index (χ1n) is 9.97. The van der Waals surface area contributed by atoms with E-state index in [1.54, 1.807) is 22.2 Å². The number of aryl methyl sites for hydroxylation is 2. The molecule has 146 valence electrons. The lowest BCUT2D eigenvalue weighted by molar-refractivity contribution is 0.654. The van der Waals surface area contributed by atoms with Gasteiger partial charge in [-0.3, -0.25) is 13.8 Å². The summed E-state index contributed by atoms with van der Waals surface area (Å²) in [4.78, 5) is 22.1. The molecule has 4 aromatic rings. The summed E-state index contributed by atoms with van der Waals surface area (Å²) in [5.74, 6) is 0.613. The SMILES string of the molecule is Cc1ccc2nc(CSc3nc4c(n3-c3ccccc3)CCCC4)cc(=O)n2c1. The third-order valence-electron chi connectivity index (χ3n) is 5.33. The standard InChI is InChI=1S/C23H22N4OS/c1-16-11-12-21-24-17(13-22(28)26(21)14-16)15-29-23-25-19-9-5-6-10-20(19)27(23)18-7-3-2-4-8-18/h2-4,7-8,11-14H,5-6,9-10,15H2,1H3. The highest BCUT2D eigenvalue weighted by Gasteiger charge is 2.21. The molecule has 0 unspecified atom stereocenters. The van der Waals surface area contributed by atoms with Gasteiger partial charge in [0.15, 0.2) is 5.16 Å². The summed E-state index contributed by atoms with van der Waals surface area (Å²) in [6, 6.07) is 15.9. The van der Waals surface area contributed by atoms with Crippen molar-refractivity contribution >= 4 is 17.4 Å². The molecule has 5 rings (SSSR count). The highest BCUT2D eigenvalue weighted by molar-refractivity contribution is 7.98. The summed E-state index contributed by atoms with van der Waals surface area (Å²) in [6.07, 6.45) is 6.34. The van der Waals surface area contributed by atoms with E-state index in [0.717, 1.165) is 34.9 Å². The van der Waals surface area contributed by atoms with Crippen LogP contribution in [0.25, 0.3) is 11.3 Å². The number of pyridine rings is 1. The molecule has 0 saturated carbocycles. The van der Waals surface area contributed by atoms with E-state index in [1.165, 1.54) is 24.2 Å². The van der Waals surface area contributed by atoms with Gasteiger partial charge >= 0.3 is 0 Å². The number of hydrogen-bond acceptors (Lipinski definition) is 4. The molecular weight excluding hydrogens is 380 g/mol. The van der Waals surface area contributed by atoms with Crippen molar-refractivity contribution in [2.24, 2.45) is 0 Å². The van der Waals surface area contributed by atoms with Gasteiger partial charge in [0.25, 0.3) is 5.56 Å². The summed E-state index contributed by atoms with van der Waals surface area (Å²) in [7, 11) is 0. The zero-order chi connectivity index (χ0) is 19.8. The monoisotopic (exact) mass is 402 g/mol. The Bertz CT molecular complexity index is 1240. The van der Waals surface area contributed by atoms with Gasteiger partial charge in [-0.1, -0.05) is 36.0 Å². The van der Waals surface area contributed by atoms with Crippen LogP contribution in [-0.4, -0.2) is 18.9 Å². The van der Waals surface area contributed by atoms with E-state index in [-0.39, 0.29) is 5.56 Å². The van der Waals surface area contributed by atoms with Crippen LogP contribution in [0.3, 0.4) is 0 Å². The number of fused-ring (bicyclic) bond motifs is 2. The van der Waals surface area contributed by atoms with Gasteiger partial charge in [-0.2, -0.15) is 0 Å². The van der Waals surface area contributed by atoms with Crippen molar-refractivity contribution in [1.29, 1.82) is 0 Å². The van der Waals surface area contributed by atoms with Crippen molar-refractivity contribution in [1.82, 2.24) is 18.9 Å². The molecule has 0 bridgehead atoms. The second-order valence-electron chi connectivity index (χ2n) is 7.47. The van der Waals surface area contributed by atoms with Crippen LogP contribution in [-0.2, 0) is 18.6 Å². The van der Waals surface area contributed by atoms with Crippen molar-refractivity contribution < 1.29 is 0 Å². The molecule has 29 heavy (non-hydrogen) atoms. The van der Waals surface area contributed by atoms with Gasteiger partial charge in [0.1, 0.15) is 5.65 Å². The first-order chi connectivity index (χ1) is 14.2. The zero-order valence-electron chi connectivity index (χ0n) is 16.3. The van der Waals surface area contributed by atoms with Gasteiger partial charge in [0.05, 0.1) is 11.4 Å². The number of hydrogen-bond donors (Lipinski definition) is 0. The molecule has 1 aliphatic rings. The maximum atomic E-state index is 12.5. The summed E-state index contributed by atoms with van der Waals surface area (Å²) in [6.45, 7) is 1.97. The second-order valence-corrected chi connectivity index (χ2v) is 8.42. The molecule has 0 fully saturated rings. The third kappa shape index (κ3) is 3.49. The Morgan fingerprint density at radius 1 is 1.03 bits per heavy atom. The average Bonchev–Trinajstić information content (AvgIpc) is 3.12. The van der Waals surface area contributed by atoms with E-state index in [4.69, 9.17) is 4.98 Å². The summed E-state index contributed by atoms with van der Waals surface area (Å²) >= 11 is 1.65. The van der Waals surface area contributed by atoms with Gasteiger partial charge in [-0.15, -0.1) is 0 Å². The van der Waals surface area contributed by atoms with E-state index in [2.05, 4.69) is 33.8 Å². The Balaban J connectivity index is 1.50. The molecule has 0 aliphatic heterocycles. The summed E-state index contributed by atoms with van der Waals surface area (Å²) in [5, 5.41) is 0.981. The van der Waals surface area contributed by atoms with Crippen LogP contribution in [0.2, 0.25) is 0 Å². The molecular formula is C23H22N4OS. The molecule has 1 aliphatic carbocycles. The number of imidazole rings is 1. The van der Waals surface area contributed by atoms with Crippen LogP contribution in [0.15, 0.2) is 64.7 Å². The van der Waals surface area contributed by atoms with Gasteiger partial charge in [0.2, 0.25) is 0 Å². The minimum absolute atomic E-state index is 0.0417. The second kappa shape index (κ2) is 7.52. The maximum Gasteiger partial charge on any atom is 0.258 e. The Hall–Kier alpha value is -2.86. The quantitative estimate of drug-likeness (QED) is 0.476. The van der Waals surface area contributed by atoms with E-state index < -0.39 is 0 Å². The fraction of sp³-hybridized carbons (Fsp3) is 0.261. The molecule has 6 heteroatoms. The molecule has 0 spiro atoms. The van der Waals surface area contributed by atoms with Gasteiger partial charge < -0.3 is 0 Å². The molecule has 3 heterocycles. The number of rotatable bonds is 4. The van der Waals surface area contributed by atoms with E-state index in [1.807, 2.05) is 31.3 Å². The lowest BCUT2D eigenvalue weighted by Crippen LogP contribution is -2.15. The van der Waals surface area contributed by atoms with Crippen molar-refractivity contribution in [3.05, 3.63) is 87.7 Å². The van der Waals surface area contributed by atoms with Crippen LogP contribution in [0.5, 0.6) is 0 Å². The minimum Gasteiger partial charge on any atom is -0.292 e. The maximum absolute atomic E-state index is 12.5. The van der Waals surface area contributed by atoms with Crippen LogP contribution >= 0.6 is 11.8 Å². The van der Waals surface area contributed by atoms with Crippen LogP contribution < -0.4 is 5.56 Å². The highest BCUT2D eigenvalue weighted by atomic mass is 32.2. The fourth-order valence-corrected chi connectivity index (χ4v) is 4.87. The fourth-order valence-electron chi connectivity index (χ4n) is 3.93. The first kappa shape index (κ1) is 18.2. The normalized spacial score (nSPS) is 13.6. The predicted molar refractivity (Wildman–Crippen MR) is 116 cm³/mol. The first-order valence-corrected chi connectivity index (χ1v) is 11.0. The number of benzene rings is 1. The largest absolute Gasteiger partial charge is 0.292 e. The minimum atomic E-state index is -0.0417. The molecule has 0 atom stereocenters. The zero-order valence-corrected chi connectivity index (χ0v) is 17.2. The van der Waals surface area contributed by atoms with Gasteiger partial charge in [-0.25, -0.2) is 9.97 Å². The molecule has 0 amide bonds. The number of para-hydroxylation sites is 1. The van der Waals surface area contributed by atoms with E-state index >= 15 is 0 Å². The molecule has 0 saturated heterocycles. The smallest absolute Gasteiger partial charge is 0.258 e. The Morgan fingerprint density at radius 2 is 1.86 bits per heavy atom. The topological polar surface area (TPSA) is 52.2 Å². The number of thioether (sulfide) groups is 1. The van der Waals surface area contributed by atoms with E-state index in [9.17, 15) is 4.79 Å². The van der Waals surface area contributed by atoms with Crippen molar-refractivity contribution in [3.8, 4) is 5.69 Å². The summed E-state index contributed by atoms with van der Waals surface area (Å²) in [5.41, 5.74) is 6.15. The molecule has 0 N–H and O–H groups in total. The highest BCUT2D eigenvalue weighted by Crippen LogP contribution is 2.31. The Labute approximate surface area is 173 Å². The van der Waals surface area contributed by atoms with Crippen molar-refractivity contribution in [2.45, 2.75) is 43.5 Å². The van der Waals surface area contributed by atoms with Crippen LogP contribution in [0, 0.1) is 6.92 Å². The third-order valence-corrected chi connectivity index (χ3v) is 6.30. The lowest BCUT2D eigenvalue weighted by Gasteiger charge is -2.15. The molecule has 1 aromatic carbocycles. The van der Waals surface area contributed by atoms with Gasteiger partial charge in [0, 0.05) is 29.4 Å². The molecule has 0 radical (unpaired) electrons. The van der Waals surface area contributed by atoms with E-state index in [0.29, 0.717) is 11.4 Å². The Morgan fingerprint density at radius 3 is 2.72 bits per heavy atom. The van der Waals surface area contributed by atoms with Crippen LogP contribution in [0.1, 0.15) is 35.5 Å². The lowest BCUT2D eigenvalue weighted by atomic mass is 10.0. The number of aromatic nitrogens is 4. The van der Waals surface area contributed by atoms with Crippen LogP contribution in [0.4, 0.5) is 0 Å². The Kier molecular flexibility index (Phi) is 4.72. The van der Waals surface area contributed by atoms with Crippen molar-refractivity contribution in [3.63, 3.8) is 0 Å². The molecule has 5 nitrogen and oxygen atoms in total.